The van der Waals surface area contributed by atoms with Gasteiger partial charge in [0.15, 0.2) is 4.90 Å². The molecule has 0 saturated carbocycles. The van der Waals surface area contributed by atoms with Crippen molar-refractivity contribution in [3.8, 4) is 5.75 Å². The second kappa shape index (κ2) is 6.50. The van der Waals surface area contributed by atoms with E-state index in [4.69, 9.17) is 9.84 Å². The molecule has 0 fully saturated rings. The molecule has 0 aliphatic carbocycles. The molecule has 0 saturated heterocycles. The summed E-state index contributed by atoms with van der Waals surface area (Å²) in [6.07, 6.45) is 0. The predicted octanol–water partition coefficient (Wildman–Crippen LogP) is 0.699. The van der Waals surface area contributed by atoms with Gasteiger partial charge in [-0.3, -0.25) is 14.9 Å². The molecule has 0 aliphatic heterocycles. The SMILES string of the molecule is CCN(CC(=O)O)S(=O)(=O)c1ccc(OC)cc1[N+](=O)[O-]. The summed E-state index contributed by atoms with van der Waals surface area (Å²) in [7, 11) is -3.00. The Morgan fingerprint density at radius 2 is 2.10 bits per heavy atom. The van der Waals surface area contributed by atoms with E-state index in [0.717, 1.165) is 12.1 Å². The van der Waals surface area contributed by atoms with Crippen molar-refractivity contribution < 1.29 is 28.0 Å². The number of rotatable bonds is 7. The maximum absolute atomic E-state index is 12.3. The number of nitrogens with zero attached hydrogens (tertiary/aromatic N) is 2. The Balaban J connectivity index is 3.42. The zero-order chi connectivity index (χ0) is 16.2. The van der Waals surface area contributed by atoms with E-state index >= 15 is 0 Å². The van der Waals surface area contributed by atoms with E-state index in [1.54, 1.807) is 0 Å². The first-order chi connectivity index (χ1) is 9.73. The van der Waals surface area contributed by atoms with Crippen molar-refractivity contribution in [2.75, 3.05) is 20.2 Å². The van der Waals surface area contributed by atoms with Gasteiger partial charge >= 0.3 is 5.97 Å². The van der Waals surface area contributed by atoms with Gasteiger partial charge in [0.05, 0.1) is 18.1 Å². The summed E-state index contributed by atoms with van der Waals surface area (Å²) >= 11 is 0. The van der Waals surface area contributed by atoms with Crippen molar-refractivity contribution in [2.45, 2.75) is 11.8 Å². The lowest BCUT2D eigenvalue weighted by Crippen LogP contribution is -2.35. The topological polar surface area (TPSA) is 127 Å². The van der Waals surface area contributed by atoms with Crippen LogP contribution in [0.2, 0.25) is 0 Å². The van der Waals surface area contributed by atoms with Gasteiger partial charge in [-0.1, -0.05) is 6.92 Å². The molecule has 0 bridgehead atoms. The molecule has 0 aromatic heterocycles. The number of hydrogen-bond donors (Lipinski definition) is 1. The fourth-order valence-electron chi connectivity index (χ4n) is 1.64. The van der Waals surface area contributed by atoms with Crippen LogP contribution < -0.4 is 4.74 Å². The molecule has 1 aromatic carbocycles. The smallest absolute Gasteiger partial charge is 0.318 e. The number of likely N-dealkylation sites (N-methyl/N-ethyl adjacent to an activating group) is 1. The Bertz CT molecular complexity index is 657. The first-order valence-electron chi connectivity index (χ1n) is 5.78. The van der Waals surface area contributed by atoms with Crippen LogP contribution in [-0.2, 0) is 14.8 Å². The number of carbonyl (C=O) groups is 1. The standard InChI is InChI=1S/C11H14N2O7S/c1-3-12(7-11(14)15)21(18,19)10-5-4-8(20-2)6-9(10)13(16)17/h4-6H,3,7H2,1-2H3,(H,14,15). The quantitative estimate of drug-likeness (QED) is 0.579. The zero-order valence-corrected chi connectivity index (χ0v) is 12.2. The Labute approximate surface area is 120 Å². The number of sulfonamides is 1. The van der Waals surface area contributed by atoms with Crippen LogP contribution in [0.15, 0.2) is 23.1 Å². The number of nitro benzene ring substituents is 1. The van der Waals surface area contributed by atoms with E-state index in [9.17, 15) is 23.3 Å². The van der Waals surface area contributed by atoms with Crippen LogP contribution >= 0.6 is 0 Å². The largest absolute Gasteiger partial charge is 0.497 e. The molecule has 116 valence electrons. The summed E-state index contributed by atoms with van der Waals surface area (Å²) in [6.45, 7) is 0.537. The molecule has 1 aromatic rings. The number of benzene rings is 1. The molecule has 0 spiro atoms. The Hall–Kier alpha value is -2.20. The Morgan fingerprint density at radius 1 is 1.48 bits per heavy atom. The number of ether oxygens (including phenoxy) is 1. The molecule has 21 heavy (non-hydrogen) atoms. The van der Waals surface area contributed by atoms with Gasteiger partial charge in [-0.05, 0) is 12.1 Å². The van der Waals surface area contributed by atoms with Crippen LogP contribution in [-0.4, -0.2) is 48.9 Å². The van der Waals surface area contributed by atoms with E-state index in [0.29, 0.717) is 4.31 Å². The second-order valence-corrected chi connectivity index (χ2v) is 5.82. The van der Waals surface area contributed by atoms with Gasteiger partial charge in [0.2, 0.25) is 10.0 Å². The first-order valence-corrected chi connectivity index (χ1v) is 7.22. The number of carboxylic acid groups (broad SMARTS) is 1. The maximum atomic E-state index is 12.3. The normalized spacial score (nSPS) is 11.4. The van der Waals surface area contributed by atoms with Crippen LogP contribution in [0, 0.1) is 10.1 Å². The first kappa shape index (κ1) is 16.9. The molecular formula is C11H14N2O7S. The van der Waals surface area contributed by atoms with E-state index in [2.05, 4.69) is 0 Å². The fraction of sp³-hybridized carbons (Fsp3) is 0.364. The van der Waals surface area contributed by atoms with Gasteiger partial charge in [-0.2, -0.15) is 4.31 Å². The summed E-state index contributed by atoms with van der Waals surface area (Å²) in [5.41, 5.74) is -0.668. The summed E-state index contributed by atoms with van der Waals surface area (Å²) in [5, 5.41) is 19.7. The molecule has 0 radical (unpaired) electrons. The fourth-order valence-corrected chi connectivity index (χ4v) is 3.18. The minimum Gasteiger partial charge on any atom is -0.497 e. The van der Waals surface area contributed by atoms with Crippen molar-refractivity contribution >= 4 is 21.7 Å². The summed E-state index contributed by atoms with van der Waals surface area (Å²) in [6, 6.07) is 3.26. The van der Waals surface area contributed by atoms with Crippen molar-refractivity contribution in [1.82, 2.24) is 4.31 Å². The number of hydrogen-bond acceptors (Lipinski definition) is 6. The third-order valence-corrected chi connectivity index (χ3v) is 4.61. The molecule has 0 unspecified atom stereocenters. The van der Waals surface area contributed by atoms with Gasteiger partial charge in [-0.15, -0.1) is 0 Å². The molecule has 1 rings (SSSR count). The third-order valence-electron chi connectivity index (χ3n) is 2.64. The highest BCUT2D eigenvalue weighted by Gasteiger charge is 2.32. The summed E-state index contributed by atoms with van der Waals surface area (Å²) in [5.74, 6) is -1.22. The van der Waals surface area contributed by atoms with Crippen molar-refractivity contribution in [1.29, 1.82) is 0 Å². The van der Waals surface area contributed by atoms with E-state index in [1.807, 2.05) is 0 Å². The van der Waals surface area contributed by atoms with Gasteiger partial charge in [0, 0.05) is 6.54 Å². The van der Waals surface area contributed by atoms with Gasteiger partial charge in [0.25, 0.3) is 5.69 Å². The van der Waals surface area contributed by atoms with Gasteiger partial charge in [0.1, 0.15) is 12.3 Å². The van der Waals surface area contributed by atoms with Crippen LogP contribution in [0.1, 0.15) is 6.92 Å². The van der Waals surface area contributed by atoms with Crippen molar-refractivity contribution in [3.05, 3.63) is 28.3 Å². The Kier molecular flexibility index (Phi) is 5.22. The average Bonchev–Trinajstić information content (AvgIpc) is 2.43. The maximum Gasteiger partial charge on any atom is 0.318 e. The lowest BCUT2D eigenvalue weighted by Gasteiger charge is -2.18. The lowest BCUT2D eigenvalue weighted by molar-refractivity contribution is -0.387. The van der Waals surface area contributed by atoms with E-state index in [-0.39, 0.29) is 12.3 Å². The van der Waals surface area contributed by atoms with Crippen LogP contribution in [0.5, 0.6) is 5.75 Å². The molecule has 9 nitrogen and oxygen atoms in total. The van der Waals surface area contributed by atoms with E-state index < -0.39 is 38.0 Å². The number of carboxylic acids is 1. The lowest BCUT2D eigenvalue weighted by atomic mass is 10.3. The summed E-state index contributed by atoms with van der Waals surface area (Å²) < 4.78 is 30.1. The van der Waals surface area contributed by atoms with Gasteiger partial charge < -0.3 is 9.84 Å². The van der Waals surface area contributed by atoms with Crippen LogP contribution in [0.3, 0.4) is 0 Å². The van der Waals surface area contributed by atoms with Gasteiger partial charge in [-0.25, -0.2) is 8.42 Å². The van der Waals surface area contributed by atoms with Crippen molar-refractivity contribution in [2.24, 2.45) is 0 Å². The van der Waals surface area contributed by atoms with E-state index in [1.165, 1.54) is 20.1 Å². The molecule has 0 amide bonds. The highest BCUT2D eigenvalue weighted by Crippen LogP contribution is 2.30. The molecule has 0 heterocycles. The number of aliphatic carboxylic acids is 1. The molecule has 10 heteroatoms. The zero-order valence-electron chi connectivity index (χ0n) is 11.3. The second-order valence-electron chi connectivity index (χ2n) is 3.92. The highest BCUT2D eigenvalue weighted by molar-refractivity contribution is 7.89. The minimum atomic E-state index is -4.29. The molecular weight excluding hydrogens is 304 g/mol. The van der Waals surface area contributed by atoms with Crippen LogP contribution in [0.25, 0.3) is 0 Å². The van der Waals surface area contributed by atoms with Crippen molar-refractivity contribution in [3.63, 3.8) is 0 Å². The molecule has 0 atom stereocenters. The minimum absolute atomic E-state index is 0.127. The monoisotopic (exact) mass is 318 g/mol. The summed E-state index contributed by atoms with van der Waals surface area (Å²) in [4.78, 5) is 20.3. The average molecular weight is 318 g/mol. The predicted molar refractivity (Wildman–Crippen MR) is 71.7 cm³/mol. The highest BCUT2D eigenvalue weighted by atomic mass is 32.2. The Morgan fingerprint density at radius 3 is 2.52 bits per heavy atom. The molecule has 0 aliphatic rings. The number of nitro groups is 1. The van der Waals surface area contributed by atoms with Crippen LogP contribution in [0.4, 0.5) is 5.69 Å². The molecule has 1 N–H and O–H groups in total. The third kappa shape index (κ3) is 3.67. The number of methoxy groups -OCH3 is 1.